The van der Waals surface area contributed by atoms with Crippen molar-refractivity contribution in [2.24, 2.45) is 0 Å². The first-order valence-corrected chi connectivity index (χ1v) is 5.74. The van der Waals surface area contributed by atoms with Crippen LogP contribution in [0, 0.1) is 6.92 Å². The number of hydrogen-bond acceptors (Lipinski definition) is 3. The van der Waals surface area contributed by atoms with Gasteiger partial charge >= 0.3 is 0 Å². The van der Waals surface area contributed by atoms with Crippen molar-refractivity contribution in [3.05, 3.63) is 23.4 Å². The topological polar surface area (TPSA) is 45.2 Å². The number of carbonyl (C=O) groups excluding carboxylic acids is 1. The normalized spacial score (nSPS) is 24.6. The Morgan fingerprint density at radius 1 is 1.56 bits per heavy atom. The minimum absolute atomic E-state index is 0.0505. The third-order valence-corrected chi connectivity index (χ3v) is 3.38. The second-order valence-electron chi connectivity index (χ2n) is 4.64. The summed E-state index contributed by atoms with van der Waals surface area (Å²) >= 11 is 0. The van der Waals surface area contributed by atoms with Crippen molar-refractivity contribution in [3.8, 4) is 0 Å². The Kier molecular flexibility index (Phi) is 2.17. The van der Waals surface area contributed by atoms with Crippen molar-refractivity contribution in [3.63, 3.8) is 0 Å². The number of anilines is 1. The monoisotopic (exact) mass is 217 g/mol. The highest BCUT2D eigenvalue weighted by atomic mass is 16.2. The fourth-order valence-electron chi connectivity index (χ4n) is 2.59. The fourth-order valence-corrected chi connectivity index (χ4v) is 2.59. The summed E-state index contributed by atoms with van der Waals surface area (Å²) < 4.78 is 0. The van der Waals surface area contributed by atoms with Crippen molar-refractivity contribution in [2.45, 2.75) is 32.4 Å². The number of pyridine rings is 1. The first-order valence-electron chi connectivity index (χ1n) is 5.74. The van der Waals surface area contributed by atoms with E-state index in [1.165, 1.54) is 0 Å². The zero-order valence-electron chi connectivity index (χ0n) is 9.36. The molecule has 1 fully saturated rings. The Balaban J connectivity index is 2.01. The lowest BCUT2D eigenvalue weighted by Gasteiger charge is -2.19. The molecular weight excluding hydrogens is 202 g/mol. The summed E-state index contributed by atoms with van der Waals surface area (Å²) in [6.07, 6.45) is 3.89. The number of fused-ring (bicyclic) bond motifs is 2. The van der Waals surface area contributed by atoms with Crippen LogP contribution in [0.25, 0.3) is 0 Å². The molecule has 4 nitrogen and oxygen atoms in total. The van der Waals surface area contributed by atoms with Crippen LogP contribution in [0.1, 0.15) is 24.0 Å². The summed E-state index contributed by atoms with van der Waals surface area (Å²) in [5, 5.41) is 2.93. The van der Waals surface area contributed by atoms with Gasteiger partial charge in [-0.1, -0.05) is 0 Å². The van der Waals surface area contributed by atoms with E-state index in [-0.39, 0.29) is 11.9 Å². The summed E-state index contributed by atoms with van der Waals surface area (Å²) in [5.74, 6) is 0.845. The van der Waals surface area contributed by atoms with E-state index in [0.29, 0.717) is 0 Å². The van der Waals surface area contributed by atoms with Gasteiger partial charge in [0.05, 0.1) is 6.04 Å². The van der Waals surface area contributed by atoms with Gasteiger partial charge in [0, 0.05) is 18.3 Å². The zero-order chi connectivity index (χ0) is 11.1. The molecule has 84 valence electrons. The van der Waals surface area contributed by atoms with E-state index in [0.717, 1.165) is 42.9 Å². The molecule has 1 aromatic rings. The lowest BCUT2D eigenvalue weighted by molar-refractivity contribution is -0.120. The summed E-state index contributed by atoms with van der Waals surface area (Å²) in [5.41, 5.74) is 2.28. The summed E-state index contributed by atoms with van der Waals surface area (Å²) in [4.78, 5) is 18.5. The van der Waals surface area contributed by atoms with Crippen LogP contribution in [0.15, 0.2) is 12.3 Å². The second kappa shape index (κ2) is 3.56. The summed E-state index contributed by atoms with van der Waals surface area (Å²) in [6.45, 7) is 3.89. The van der Waals surface area contributed by atoms with Gasteiger partial charge in [-0.3, -0.25) is 9.69 Å². The number of hydrogen-bond donors (Lipinski definition) is 1. The fraction of sp³-hybridized carbons (Fsp3) is 0.500. The van der Waals surface area contributed by atoms with Crippen LogP contribution in [0.5, 0.6) is 0 Å². The first-order chi connectivity index (χ1) is 7.74. The van der Waals surface area contributed by atoms with E-state index >= 15 is 0 Å². The minimum atomic E-state index is 0.0505. The highest BCUT2D eigenvalue weighted by molar-refractivity contribution is 5.95. The van der Waals surface area contributed by atoms with Gasteiger partial charge in [0.2, 0.25) is 5.91 Å². The van der Waals surface area contributed by atoms with Gasteiger partial charge in [0.15, 0.2) is 0 Å². The molecule has 0 radical (unpaired) electrons. The van der Waals surface area contributed by atoms with Crippen LogP contribution >= 0.6 is 0 Å². The molecule has 1 amide bonds. The number of rotatable bonds is 0. The molecule has 1 saturated heterocycles. The third-order valence-electron chi connectivity index (χ3n) is 3.38. The lowest BCUT2D eigenvalue weighted by atomic mass is 10.2. The van der Waals surface area contributed by atoms with E-state index < -0.39 is 0 Å². The Bertz CT molecular complexity index is 444. The molecule has 2 aliphatic heterocycles. The van der Waals surface area contributed by atoms with Gasteiger partial charge in [-0.05, 0) is 37.9 Å². The number of aromatic nitrogens is 1. The SMILES string of the molecule is Cc1cnc2c(c1)CN1CCCC1C(=O)N2. The molecule has 0 bridgehead atoms. The molecule has 0 aliphatic carbocycles. The molecule has 1 aromatic heterocycles. The van der Waals surface area contributed by atoms with Crippen LogP contribution in [0.2, 0.25) is 0 Å². The standard InChI is InChI=1S/C12H15N3O/c1-8-5-9-7-15-4-2-3-10(15)12(16)14-11(9)13-6-8/h5-6,10H,2-4,7H2,1H3,(H,13,14,16). The van der Waals surface area contributed by atoms with Crippen LogP contribution in [-0.4, -0.2) is 28.4 Å². The van der Waals surface area contributed by atoms with E-state index in [4.69, 9.17) is 0 Å². The van der Waals surface area contributed by atoms with Gasteiger partial charge in [0.1, 0.15) is 5.82 Å². The van der Waals surface area contributed by atoms with Crippen LogP contribution in [0.3, 0.4) is 0 Å². The summed E-state index contributed by atoms with van der Waals surface area (Å²) in [7, 11) is 0. The van der Waals surface area contributed by atoms with Crippen LogP contribution < -0.4 is 5.32 Å². The van der Waals surface area contributed by atoms with Crippen LogP contribution in [-0.2, 0) is 11.3 Å². The van der Waals surface area contributed by atoms with Crippen LogP contribution in [0.4, 0.5) is 5.82 Å². The quantitative estimate of drug-likeness (QED) is 0.712. The predicted octanol–water partition coefficient (Wildman–Crippen LogP) is 1.31. The number of amides is 1. The highest BCUT2D eigenvalue weighted by Crippen LogP contribution is 2.27. The van der Waals surface area contributed by atoms with Gasteiger partial charge in [-0.2, -0.15) is 0 Å². The molecule has 0 saturated carbocycles. The van der Waals surface area contributed by atoms with Crippen molar-refractivity contribution in [1.29, 1.82) is 0 Å². The molecule has 3 heterocycles. The van der Waals surface area contributed by atoms with E-state index in [9.17, 15) is 4.79 Å². The molecule has 3 rings (SSSR count). The molecular formula is C12H15N3O. The number of nitrogens with zero attached hydrogens (tertiary/aromatic N) is 2. The van der Waals surface area contributed by atoms with Gasteiger partial charge in [-0.15, -0.1) is 0 Å². The van der Waals surface area contributed by atoms with Gasteiger partial charge in [0.25, 0.3) is 0 Å². The van der Waals surface area contributed by atoms with Crippen molar-refractivity contribution in [1.82, 2.24) is 9.88 Å². The largest absolute Gasteiger partial charge is 0.309 e. The highest BCUT2D eigenvalue weighted by Gasteiger charge is 2.34. The average molecular weight is 217 g/mol. The molecule has 16 heavy (non-hydrogen) atoms. The zero-order valence-corrected chi connectivity index (χ0v) is 9.36. The Morgan fingerprint density at radius 3 is 3.31 bits per heavy atom. The van der Waals surface area contributed by atoms with E-state index in [1.54, 1.807) is 6.20 Å². The molecule has 1 N–H and O–H groups in total. The smallest absolute Gasteiger partial charge is 0.242 e. The molecule has 2 aliphatic rings. The Labute approximate surface area is 94.7 Å². The lowest BCUT2D eigenvalue weighted by Crippen LogP contribution is -2.36. The Hall–Kier alpha value is -1.42. The molecule has 4 heteroatoms. The first kappa shape index (κ1) is 9.78. The maximum absolute atomic E-state index is 12.0. The van der Waals surface area contributed by atoms with Gasteiger partial charge in [-0.25, -0.2) is 4.98 Å². The number of aryl methyl sites for hydroxylation is 1. The molecule has 0 aromatic carbocycles. The minimum Gasteiger partial charge on any atom is -0.309 e. The van der Waals surface area contributed by atoms with Crippen molar-refractivity contribution < 1.29 is 4.79 Å². The van der Waals surface area contributed by atoms with Crippen molar-refractivity contribution in [2.75, 3.05) is 11.9 Å². The molecule has 1 unspecified atom stereocenters. The number of carbonyl (C=O) groups is 1. The molecule has 0 spiro atoms. The summed E-state index contributed by atoms with van der Waals surface area (Å²) in [6, 6.07) is 2.16. The maximum Gasteiger partial charge on any atom is 0.242 e. The predicted molar refractivity (Wildman–Crippen MR) is 61.0 cm³/mol. The van der Waals surface area contributed by atoms with Crippen molar-refractivity contribution >= 4 is 11.7 Å². The van der Waals surface area contributed by atoms with E-state index in [2.05, 4.69) is 21.3 Å². The van der Waals surface area contributed by atoms with Gasteiger partial charge < -0.3 is 5.32 Å². The third kappa shape index (κ3) is 1.50. The average Bonchev–Trinajstić information content (AvgIpc) is 2.65. The Morgan fingerprint density at radius 2 is 2.44 bits per heavy atom. The maximum atomic E-state index is 12.0. The molecule has 1 atom stereocenters. The van der Waals surface area contributed by atoms with E-state index in [1.807, 2.05) is 6.92 Å². The second-order valence-corrected chi connectivity index (χ2v) is 4.64. The number of nitrogens with one attached hydrogen (secondary N) is 1.